The molecule has 0 nitrogen and oxygen atoms in total. The van der Waals surface area contributed by atoms with Crippen LogP contribution in [0.5, 0.6) is 0 Å². The Bertz CT molecular complexity index is 160. The van der Waals surface area contributed by atoms with E-state index < -0.39 is 0 Å². The number of halogens is 1. The second kappa shape index (κ2) is 10.3. The van der Waals surface area contributed by atoms with Crippen LogP contribution in [-0.4, -0.2) is 15.2 Å². The van der Waals surface area contributed by atoms with Gasteiger partial charge < -0.3 is 4.70 Å². The second-order valence-electron chi connectivity index (χ2n) is 6.40. The molecular weight excluding hydrogens is 238 g/mol. The Morgan fingerprint density at radius 1 is 0.444 bits per heavy atom. The van der Waals surface area contributed by atoms with Gasteiger partial charge in [0.05, 0.1) is 0 Å². The molecule has 0 aromatic heterocycles. The molecule has 0 aromatic carbocycles. The summed E-state index contributed by atoms with van der Waals surface area (Å²) < 4.78 is 2.36. The second-order valence-corrected chi connectivity index (χ2v) is 8.67. The molecule has 2 heteroatoms. The largest absolute Gasteiger partial charge is 1.00 e. The quantitative estimate of drug-likeness (QED) is 0.676. The van der Waals surface area contributed by atoms with Crippen LogP contribution in [0, 0.1) is 0 Å². The molecule has 0 amide bonds. The van der Waals surface area contributed by atoms with Crippen LogP contribution in [0.1, 0.15) is 89.9 Å². The fourth-order valence-electron chi connectivity index (χ4n) is 3.75. The van der Waals surface area contributed by atoms with Gasteiger partial charge in [0.25, 0.3) is 0 Å². The van der Waals surface area contributed by atoms with Gasteiger partial charge >= 0.3 is 115 Å². The minimum atomic E-state index is 0. The Kier molecular flexibility index (Phi) is 9.43. The van der Waals surface area contributed by atoms with Crippen molar-refractivity contribution in [2.75, 3.05) is 0 Å². The van der Waals surface area contributed by atoms with Gasteiger partial charge in [0, 0.05) is 0 Å². The van der Waals surface area contributed by atoms with Gasteiger partial charge in [-0.15, -0.1) is 0 Å². The summed E-state index contributed by atoms with van der Waals surface area (Å²) in [5, 5.41) is 0. The Balaban J connectivity index is 0.00000162. The van der Waals surface area contributed by atoms with E-state index in [1.165, 1.54) is 48.1 Å². The summed E-state index contributed by atoms with van der Waals surface area (Å²) in [6.45, 7) is 0. The van der Waals surface area contributed by atoms with E-state index in [2.05, 4.69) is 0 Å². The van der Waals surface area contributed by atoms with Crippen LogP contribution in [0.3, 0.4) is 0 Å². The molecule has 0 saturated heterocycles. The van der Waals surface area contributed by atoms with Crippen LogP contribution in [0.2, 0.25) is 9.56 Å². The number of hydrogen-bond acceptors (Lipinski definition) is 0. The molecule has 2 aliphatic rings. The van der Waals surface area contributed by atoms with E-state index in [1.54, 1.807) is 51.4 Å². The molecule has 0 spiro atoms. The van der Waals surface area contributed by atoms with Crippen molar-refractivity contribution in [2.24, 2.45) is 0 Å². The molecule has 18 heavy (non-hydrogen) atoms. The van der Waals surface area contributed by atoms with E-state index >= 15 is 0 Å². The maximum atomic E-state index is 1.59. The van der Waals surface area contributed by atoms with E-state index in [0.717, 1.165) is 15.2 Å². The molecule has 0 aromatic rings. The summed E-state index contributed by atoms with van der Waals surface area (Å²) in [5.74, 6) is 0. The monoisotopic (exact) mass is 268 g/mol. The molecule has 0 atom stereocenters. The molecular formula is C16H30AlF. The van der Waals surface area contributed by atoms with Crippen molar-refractivity contribution in [2.45, 2.75) is 99.5 Å². The molecule has 0 heterocycles. The zero-order valence-corrected chi connectivity index (χ0v) is 13.2. The molecule has 2 rings (SSSR count). The van der Waals surface area contributed by atoms with Gasteiger partial charge in [-0.3, -0.25) is 0 Å². The first-order chi connectivity index (χ1) is 8.45. The molecule has 2 saturated carbocycles. The van der Waals surface area contributed by atoms with E-state index in [9.17, 15) is 0 Å². The van der Waals surface area contributed by atoms with Gasteiger partial charge in [-0.05, 0) is 0 Å². The first-order valence-electron chi connectivity index (χ1n) is 8.30. The van der Waals surface area contributed by atoms with Gasteiger partial charge in [-0.25, -0.2) is 0 Å². The molecule has 0 aliphatic heterocycles. The smallest absolute Gasteiger partial charge is 1.00 e. The Morgan fingerprint density at radius 2 is 0.722 bits per heavy atom. The van der Waals surface area contributed by atoms with E-state index in [0.29, 0.717) is 0 Å². The SMILES string of the molecule is C1CCC[CH]([Al+][CH]2CCCCCCC2)CCC1.[F-]. The number of hydrogen-bond donors (Lipinski definition) is 0. The molecule has 0 N–H and O–H groups in total. The Morgan fingerprint density at radius 3 is 1.06 bits per heavy atom. The van der Waals surface area contributed by atoms with Crippen LogP contribution in [0.25, 0.3) is 0 Å². The van der Waals surface area contributed by atoms with Crippen molar-refractivity contribution in [3.05, 3.63) is 0 Å². The molecule has 104 valence electrons. The van der Waals surface area contributed by atoms with Crippen LogP contribution >= 0.6 is 0 Å². The van der Waals surface area contributed by atoms with Crippen molar-refractivity contribution < 1.29 is 4.70 Å². The summed E-state index contributed by atoms with van der Waals surface area (Å²) in [7, 11) is 0. The Hall–Kier alpha value is 0.462. The summed E-state index contributed by atoms with van der Waals surface area (Å²) in [4.78, 5) is 0. The van der Waals surface area contributed by atoms with Crippen LogP contribution in [-0.2, 0) is 0 Å². The molecule has 0 radical (unpaired) electrons. The van der Waals surface area contributed by atoms with Crippen molar-refractivity contribution in [3.63, 3.8) is 0 Å². The Labute approximate surface area is 119 Å². The zero-order chi connectivity index (χ0) is 11.8. The van der Waals surface area contributed by atoms with Crippen molar-refractivity contribution in [1.82, 2.24) is 0 Å². The van der Waals surface area contributed by atoms with Crippen molar-refractivity contribution in [1.29, 1.82) is 0 Å². The molecule has 0 bridgehead atoms. The third-order valence-electron chi connectivity index (χ3n) is 4.84. The normalized spacial score (nSPS) is 24.9. The number of rotatable bonds is 2. The fraction of sp³-hybridized carbons (Fsp3) is 1.00. The summed E-state index contributed by atoms with van der Waals surface area (Å²) in [6.07, 6.45) is 21.7. The molecule has 0 unspecified atom stereocenters. The van der Waals surface area contributed by atoms with Crippen LogP contribution in [0.4, 0.5) is 0 Å². The van der Waals surface area contributed by atoms with Crippen LogP contribution < -0.4 is 4.70 Å². The zero-order valence-electron chi connectivity index (χ0n) is 12.0. The predicted octanol–water partition coefficient (Wildman–Crippen LogP) is 2.76. The minimum Gasteiger partial charge on any atom is -1.00 e. The topological polar surface area (TPSA) is 0 Å². The predicted molar refractivity (Wildman–Crippen MR) is 77.9 cm³/mol. The van der Waals surface area contributed by atoms with E-state index in [4.69, 9.17) is 0 Å². The van der Waals surface area contributed by atoms with Crippen molar-refractivity contribution >= 4 is 15.2 Å². The summed E-state index contributed by atoms with van der Waals surface area (Å²) in [6, 6.07) is 0. The first kappa shape index (κ1) is 16.5. The molecule has 2 aliphatic carbocycles. The van der Waals surface area contributed by atoms with E-state index in [-0.39, 0.29) is 4.70 Å². The van der Waals surface area contributed by atoms with Crippen molar-refractivity contribution in [3.8, 4) is 0 Å². The van der Waals surface area contributed by atoms with Gasteiger partial charge in [-0.1, -0.05) is 0 Å². The average Bonchev–Trinajstić information content (AvgIpc) is 2.24. The van der Waals surface area contributed by atoms with Crippen LogP contribution in [0.15, 0.2) is 0 Å². The van der Waals surface area contributed by atoms with Gasteiger partial charge in [-0.2, -0.15) is 0 Å². The third kappa shape index (κ3) is 6.58. The van der Waals surface area contributed by atoms with Gasteiger partial charge in [0.2, 0.25) is 0 Å². The third-order valence-corrected chi connectivity index (χ3v) is 7.27. The van der Waals surface area contributed by atoms with E-state index in [1.807, 2.05) is 0 Å². The van der Waals surface area contributed by atoms with Gasteiger partial charge in [0.1, 0.15) is 0 Å². The molecule has 2 fully saturated rings. The summed E-state index contributed by atoms with van der Waals surface area (Å²) in [5.41, 5.74) is 0. The standard InChI is InChI=1S/2C8H15.Al.FH/c2*1-2-4-6-8-7-5-3-1;;/h2*1H,2-8H2;;1H/q;;+1;/p-1. The first-order valence-corrected chi connectivity index (χ1v) is 9.63. The van der Waals surface area contributed by atoms with Gasteiger partial charge in [0.15, 0.2) is 0 Å². The average molecular weight is 268 g/mol. The maximum absolute atomic E-state index is 1.59. The summed E-state index contributed by atoms with van der Waals surface area (Å²) >= 11 is 0.780. The maximum Gasteiger partial charge on any atom is -1.00 e. The minimum absolute atomic E-state index is 0. The fourth-order valence-corrected chi connectivity index (χ4v) is 6.23.